The first-order valence-corrected chi connectivity index (χ1v) is 9.42. The van der Waals surface area contributed by atoms with Gasteiger partial charge in [0.1, 0.15) is 5.60 Å². The number of ether oxygens (including phenoxy) is 4. The van der Waals surface area contributed by atoms with Crippen molar-refractivity contribution >= 4 is 17.7 Å². The molecule has 8 heteroatoms. The fraction of sp³-hybridized carbons (Fsp3) is 0.409. The molecule has 158 valence electrons. The van der Waals surface area contributed by atoms with Gasteiger partial charge in [0.05, 0.1) is 34.4 Å². The van der Waals surface area contributed by atoms with Crippen molar-refractivity contribution in [2.75, 3.05) is 28.4 Å². The number of ketones is 1. The standard InChI is InChI=1S/C22H22O8/c1-27-14-8-11-12(9-15(14)28-2)20(24)22(26)13-7-10(5-6-16(23)29-3)19(22)18(17(11)13)21(25)30-4/h5-9,13,17-19,26H,1-4H3/b6-5+/t13-,17-,18+,19+,22-/m1/s1. The molecule has 30 heavy (non-hydrogen) atoms. The Balaban J connectivity index is 1.90. The van der Waals surface area contributed by atoms with E-state index in [-0.39, 0.29) is 0 Å². The summed E-state index contributed by atoms with van der Waals surface area (Å²) in [6.07, 6.45) is 4.45. The summed E-state index contributed by atoms with van der Waals surface area (Å²) in [4.78, 5) is 37.8. The molecule has 0 spiro atoms. The highest BCUT2D eigenvalue weighted by Crippen LogP contribution is 2.66. The Morgan fingerprint density at radius 3 is 2.33 bits per heavy atom. The predicted molar refractivity (Wildman–Crippen MR) is 103 cm³/mol. The molecule has 1 aromatic rings. The van der Waals surface area contributed by atoms with Crippen molar-refractivity contribution in [1.29, 1.82) is 0 Å². The molecule has 5 atom stereocenters. The van der Waals surface area contributed by atoms with Crippen LogP contribution in [0.25, 0.3) is 0 Å². The van der Waals surface area contributed by atoms with Crippen molar-refractivity contribution in [3.05, 3.63) is 47.1 Å². The van der Waals surface area contributed by atoms with E-state index in [1.165, 1.54) is 46.7 Å². The number of rotatable bonds is 5. The zero-order valence-corrected chi connectivity index (χ0v) is 17.0. The molecule has 0 radical (unpaired) electrons. The van der Waals surface area contributed by atoms with Crippen molar-refractivity contribution < 1.29 is 38.4 Å². The first kappa shape index (κ1) is 20.2. The van der Waals surface area contributed by atoms with Crippen molar-refractivity contribution in [2.45, 2.75) is 11.5 Å². The van der Waals surface area contributed by atoms with Crippen LogP contribution in [-0.4, -0.2) is 56.9 Å². The van der Waals surface area contributed by atoms with E-state index in [2.05, 4.69) is 4.74 Å². The number of allylic oxidation sites excluding steroid dienone is 1. The summed E-state index contributed by atoms with van der Waals surface area (Å²) >= 11 is 0. The molecule has 4 rings (SSSR count). The minimum absolute atomic E-state index is 0.291. The Morgan fingerprint density at radius 2 is 1.73 bits per heavy atom. The molecule has 0 unspecified atom stereocenters. The highest BCUT2D eigenvalue weighted by atomic mass is 16.5. The van der Waals surface area contributed by atoms with Gasteiger partial charge in [-0.15, -0.1) is 0 Å². The van der Waals surface area contributed by atoms with Crippen LogP contribution in [0.4, 0.5) is 0 Å². The third-order valence-electron chi connectivity index (χ3n) is 6.46. The van der Waals surface area contributed by atoms with Gasteiger partial charge in [-0.05, 0) is 23.3 Å². The van der Waals surface area contributed by atoms with Gasteiger partial charge in [-0.3, -0.25) is 9.59 Å². The molecule has 0 heterocycles. The maximum Gasteiger partial charge on any atom is 0.330 e. The van der Waals surface area contributed by atoms with Crippen molar-refractivity contribution in [3.63, 3.8) is 0 Å². The molecule has 1 N–H and O–H groups in total. The number of esters is 2. The topological polar surface area (TPSA) is 108 Å². The Bertz CT molecular complexity index is 1010. The number of aliphatic hydroxyl groups is 1. The molecule has 0 aromatic heterocycles. The van der Waals surface area contributed by atoms with Crippen molar-refractivity contribution in [1.82, 2.24) is 0 Å². The molecule has 1 saturated carbocycles. The molecule has 1 aromatic carbocycles. The summed E-state index contributed by atoms with van der Waals surface area (Å²) in [6.45, 7) is 0. The van der Waals surface area contributed by atoms with Crippen LogP contribution in [0.2, 0.25) is 0 Å². The molecular weight excluding hydrogens is 392 g/mol. The highest BCUT2D eigenvalue weighted by molar-refractivity contribution is 6.09. The SMILES string of the molecule is COC(=O)/C=C/C1=C[C@@H]2[C@H]3c4cc(OC)c(OC)cc4C(=O)[C@]2(O)[C@@H]1[C@H]3C(=O)OC. The Morgan fingerprint density at radius 1 is 1.07 bits per heavy atom. The third kappa shape index (κ3) is 2.46. The second-order valence-electron chi connectivity index (χ2n) is 7.55. The molecule has 3 aliphatic rings. The van der Waals surface area contributed by atoms with Crippen LogP contribution in [-0.2, 0) is 19.1 Å². The van der Waals surface area contributed by atoms with E-state index < -0.39 is 47.0 Å². The molecule has 4 bridgehead atoms. The van der Waals surface area contributed by atoms with Gasteiger partial charge in [0.2, 0.25) is 0 Å². The summed E-state index contributed by atoms with van der Waals surface area (Å²) in [7, 11) is 5.46. The van der Waals surface area contributed by atoms with E-state index in [4.69, 9.17) is 14.2 Å². The Kier molecular flexibility index (Phi) is 4.69. The van der Waals surface area contributed by atoms with Crippen LogP contribution in [0.1, 0.15) is 21.8 Å². The van der Waals surface area contributed by atoms with Crippen molar-refractivity contribution in [2.24, 2.45) is 17.8 Å². The molecule has 1 fully saturated rings. The molecule has 0 aliphatic heterocycles. The van der Waals surface area contributed by atoms with Gasteiger partial charge in [-0.25, -0.2) is 4.79 Å². The number of hydrogen-bond donors (Lipinski definition) is 1. The summed E-state index contributed by atoms with van der Waals surface area (Å²) in [5.41, 5.74) is -0.386. The summed E-state index contributed by atoms with van der Waals surface area (Å²) in [5, 5.41) is 11.6. The van der Waals surface area contributed by atoms with Crippen LogP contribution < -0.4 is 9.47 Å². The minimum Gasteiger partial charge on any atom is -0.493 e. The van der Waals surface area contributed by atoms with Crippen LogP contribution in [0.15, 0.2) is 35.9 Å². The van der Waals surface area contributed by atoms with Gasteiger partial charge in [0, 0.05) is 29.4 Å². The fourth-order valence-electron chi connectivity index (χ4n) is 5.26. The van der Waals surface area contributed by atoms with Gasteiger partial charge < -0.3 is 24.1 Å². The average molecular weight is 414 g/mol. The maximum atomic E-state index is 13.5. The number of carbonyl (C=O) groups excluding carboxylic acids is 3. The Hall–Kier alpha value is -3.13. The van der Waals surface area contributed by atoms with Gasteiger partial charge in [0.15, 0.2) is 17.3 Å². The molecule has 0 saturated heterocycles. The van der Waals surface area contributed by atoms with E-state index >= 15 is 0 Å². The monoisotopic (exact) mass is 414 g/mol. The summed E-state index contributed by atoms with van der Waals surface area (Å²) in [6, 6.07) is 3.22. The number of methoxy groups -OCH3 is 4. The molecule has 0 amide bonds. The van der Waals surface area contributed by atoms with Crippen LogP contribution in [0.5, 0.6) is 11.5 Å². The number of Topliss-reactive ketones (excluding diaryl/α,β-unsaturated/α-hetero) is 1. The predicted octanol–water partition coefficient (Wildman–Crippen LogP) is 1.42. The van der Waals surface area contributed by atoms with Crippen molar-refractivity contribution in [3.8, 4) is 11.5 Å². The van der Waals surface area contributed by atoms with E-state index in [9.17, 15) is 19.5 Å². The largest absolute Gasteiger partial charge is 0.493 e. The first-order valence-electron chi connectivity index (χ1n) is 9.42. The average Bonchev–Trinajstić information content (AvgIpc) is 3.18. The highest BCUT2D eigenvalue weighted by Gasteiger charge is 2.71. The lowest BCUT2D eigenvalue weighted by molar-refractivity contribution is -0.147. The quantitative estimate of drug-likeness (QED) is 0.569. The van der Waals surface area contributed by atoms with Gasteiger partial charge in [-0.2, -0.15) is 0 Å². The lowest BCUT2D eigenvalue weighted by atomic mass is 9.71. The first-order chi connectivity index (χ1) is 14.3. The van der Waals surface area contributed by atoms with Crippen LogP contribution in [0, 0.1) is 17.8 Å². The molecular formula is C22H22O8. The van der Waals surface area contributed by atoms with E-state index in [0.29, 0.717) is 28.2 Å². The Labute approximate surface area is 173 Å². The molecule has 3 aliphatic carbocycles. The number of hydrogen-bond acceptors (Lipinski definition) is 8. The number of benzene rings is 1. The fourth-order valence-corrected chi connectivity index (χ4v) is 5.26. The number of fused-ring (bicyclic) bond motifs is 2. The van der Waals surface area contributed by atoms with Crippen LogP contribution >= 0.6 is 0 Å². The smallest absolute Gasteiger partial charge is 0.330 e. The van der Waals surface area contributed by atoms with Gasteiger partial charge >= 0.3 is 11.9 Å². The molecule has 8 nitrogen and oxygen atoms in total. The zero-order chi connectivity index (χ0) is 21.8. The lowest BCUT2D eigenvalue weighted by Crippen LogP contribution is -2.47. The summed E-state index contributed by atoms with van der Waals surface area (Å²) < 4.78 is 20.3. The van der Waals surface area contributed by atoms with Gasteiger partial charge in [0.25, 0.3) is 0 Å². The van der Waals surface area contributed by atoms with E-state index in [0.717, 1.165) is 0 Å². The lowest BCUT2D eigenvalue weighted by Gasteiger charge is -2.34. The van der Waals surface area contributed by atoms with Gasteiger partial charge in [-0.1, -0.05) is 12.2 Å². The third-order valence-corrected chi connectivity index (χ3v) is 6.46. The number of carbonyl (C=O) groups is 3. The normalized spacial score (nSPS) is 30.7. The van der Waals surface area contributed by atoms with Crippen LogP contribution in [0.3, 0.4) is 0 Å². The summed E-state index contributed by atoms with van der Waals surface area (Å²) in [5.74, 6) is -3.57. The van der Waals surface area contributed by atoms with E-state index in [1.807, 2.05) is 0 Å². The maximum absolute atomic E-state index is 13.5. The van der Waals surface area contributed by atoms with E-state index in [1.54, 1.807) is 12.1 Å². The second kappa shape index (κ2) is 6.98. The second-order valence-corrected chi connectivity index (χ2v) is 7.55. The minimum atomic E-state index is -1.81. The zero-order valence-electron chi connectivity index (χ0n) is 17.0.